The minimum atomic E-state index is -0.871. The summed E-state index contributed by atoms with van der Waals surface area (Å²) in [7, 11) is 1.66. The smallest absolute Gasteiger partial charge is 0.317 e. The molecule has 6 nitrogen and oxygen atoms in total. The number of aliphatic carboxylic acids is 1. The van der Waals surface area contributed by atoms with Crippen LogP contribution in [0.1, 0.15) is 39.5 Å². The Hall–Kier alpha value is -1.30. The third-order valence-electron chi connectivity index (χ3n) is 3.52. The van der Waals surface area contributed by atoms with Gasteiger partial charge in [-0.3, -0.25) is 4.79 Å². The van der Waals surface area contributed by atoms with Crippen LogP contribution in [0.15, 0.2) is 0 Å². The molecule has 0 saturated heterocycles. The average molecular weight is 286 g/mol. The monoisotopic (exact) mass is 286 g/mol. The lowest BCUT2D eigenvalue weighted by molar-refractivity contribution is -0.137. The van der Waals surface area contributed by atoms with E-state index >= 15 is 0 Å². The molecule has 116 valence electrons. The summed E-state index contributed by atoms with van der Waals surface area (Å²) in [5, 5.41) is 11.6. The zero-order chi connectivity index (χ0) is 15.2. The lowest BCUT2D eigenvalue weighted by Gasteiger charge is -2.28. The Labute approximate surface area is 120 Å². The first-order valence-corrected chi connectivity index (χ1v) is 7.11. The standard InChI is InChI=1S/C14H26N2O4/c1-14(2,7-9-20-3)10-15-13(19)16(11-4-5-11)8-6-12(17)18/h11H,4-10H2,1-3H3,(H,15,19)(H,17,18). The van der Waals surface area contributed by atoms with E-state index in [0.717, 1.165) is 19.3 Å². The van der Waals surface area contributed by atoms with Gasteiger partial charge in [0.25, 0.3) is 0 Å². The summed E-state index contributed by atoms with van der Waals surface area (Å²) in [4.78, 5) is 24.4. The van der Waals surface area contributed by atoms with Crippen molar-refractivity contribution in [3.63, 3.8) is 0 Å². The molecule has 0 aromatic heterocycles. The first-order valence-electron chi connectivity index (χ1n) is 7.11. The van der Waals surface area contributed by atoms with Crippen LogP contribution < -0.4 is 5.32 Å². The van der Waals surface area contributed by atoms with E-state index in [2.05, 4.69) is 19.2 Å². The molecule has 0 bridgehead atoms. The number of carbonyl (C=O) groups excluding carboxylic acids is 1. The first kappa shape index (κ1) is 16.8. The summed E-state index contributed by atoms with van der Waals surface area (Å²) in [5.41, 5.74) is -0.0340. The van der Waals surface area contributed by atoms with E-state index in [1.165, 1.54) is 0 Å². The zero-order valence-electron chi connectivity index (χ0n) is 12.6. The maximum absolute atomic E-state index is 12.1. The fourth-order valence-corrected chi connectivity index (χ4v) is 1.94. The van der Waals surface area contributed by atoms with Gasteiger partial charge < -0.3 is 20.1 Å². The van der Waals surface area contributed by atoms with Crippen molar-refractivity contribution in [2.24, 2.45) is 5.41 Å². The summed E-state index contributed by atoms with van der Waals surface area (Å²) in [5.74, 6) is -0.871. The third kappa shape index (κ3) is 6.23. The number of hydrogen-bond acceptors (Lipinski definition) is 3. The minimum absolute atomic E-state index is 0.00299. The van der Waals surface area contributed by atoms with Crippen molar-refractivity contribution in [1.29, 1.82) is 0 Å². The molecule has 0 aromatic rings. The van der Waals surface area contributed by atoms with Crippen LogP contribution in [0.3, 0.4) is 0 Å². The van der Waals surface area contributed by atoms with Crippen LogP contribution in [-0.2, 0) is 9.53 Å². The Bertz CT molecular complexity index is 340. The molecule has 6 heteroatoms. The number of methoxy groups -OCH3 is 1. The van der Waals surface area contributed by atoms with Crippen molar-refractivity contribution < 1.29 is 19.4 Å². The van der Waals surface area contributed by atoms with Crippen molar-refractivity contribution in [2.75, 3.05) is 26.8 Å². The number of amides is 2. The van der Waals surface area contributed by atoms with Gasteiger partial charge >= 0.3 is 12.0 Å². The SMILES string of the molecule is COCCC(C)(C)CNC(=O)N(CCC(=O)O)C1CC1. The van der Waals surface area contributed by atoms with Crippen molar-refractivity contribution in [3.8, 4) is 0 Å². The van der Waals surface area contributed by atoms with Gasteiger partial charge in [-0.2, -0.15) is 0 Å². The summed E-state index contributed by atoms with van der Waals surface area (Å²) in [6.45, 7) is 5.65. The number of nitrogens with one attached hydrogen (secondary N) is 1. The van der Waals surface area contributed by atoms with E-state index in [-0.39, 0.29) is 30.5 Å². The van der Waals surface area contributed by atoms with Crippen molar-refractivity contribution in [3.05, 3.63) is 0 Å². The van der Waals surface area contributed by atoms with Crippen molar-refractivity contribution >= 4 is 12.0 Å². The highest BCUT2D eigenvalue weighted by atomic mass is 16.5. The average Bonchev–Trinajstić information content (AvgIpc) is 3.18. The molecule has 1 aliphatic rings. The Balaban J connectivity index is 2.39. The number of carboxylic acids is 1. The number of ether oxygens (including phenoxy) is 1. The van der Waals surface area contributed by atoms with Gasteiger partial charge in [0.05, 0.1) is 6.42 Å². The third-order valence-corrected chi connectivity index (χ3v) is 3.52. The van der Waals surface area contributed by atoms with Crippen LogP contribution in [0.2, 0.25) is 0 Å². The maximum atomic E-state index is 12.1. The largest absolute Gasteiger partial charge is 0.481 e. The normalized spacial score (nSPS) is 14.9. The fraction of sp³-hybridized carbons (Fsp3) is 0.857. The molecular weight excluding hydrogens is 260 g/mol. The highest BCUT2D eigenvalue weighted by molar-refractivity contribution is 5.76. The van der Waals surface area contributed by atoms with Crippen LogP contribution in [0.25, 0.3) is 0 Å². The molecule has 2 N–H and O–H groups in total. The van der Waals surface area contributed by atoms with Gasteiger partial charge in [-0.25, -0.2) is 4.79 Å². The van der Waals surface area contributed by atoms with Crippen LogP contribution in [0.5, 0.6) is 0 Å². The predicted molar refractivity (Wildman–Crippen MR) is 75.7 cm³/mol. The first-order chi connectivity index (χ1) is 9.35. The molecule has 0 aromatic carbocycles. The lowest BCUT2D eigenvalue weighted by atomic mass is 9.90. The molecule has 1 aliphatic carbocycles. The summed E-state index contributed by atoms with van der Waals surface area (Å²) in [6, 6.07) is 0.0654. The molecule has 20 heavy (non-hydrogen) atoms. The molecule has 1 rings (SSSR count). The Morgan fingerprint density at radius 2 is 2.05 bits per heavy atom. The molecule has 1 fully saturated rings. The molecule has 1 saturated carbocycles. The van der Waals surface area contributed by atoms with Crippen LogP contribution in [-0.4, -0.2) is 54.9 Å². The second-order valence-electron chi connectivity index (χ2n) is 6.13. The van der Waals surface area contributed by atoms with Gasteiger partial charge in [-0.15, -0.1) is 0 Å². The number of hydrogen-bond donors (Lipinski definition) is 2. The number of urea groups is 1. The topological polar surface area (TPSA) is 78.9 Å². The Kier molecular flexibility index (Phi) is 6.26. The minimum Gasteiger partial charge on any atom is -0.481 e. The van der Waals surface area contributed by atoms with Crippen molar-refractivity contribution in [1.82, 2.24) is 10.2 Å². The van der Waals surface area contributed by atoms with E-state index in [4.69, 9.17) is 9.84 Å². The van der Waals surface area contributed by atoms with E-state index in [1.54, 1.807) is 12.0 Å². The number of rotatable bonds is 9. The molecule has 0 atom stereocenters. The summed E-state index contributed by atoms with van der Waals surface area (Å²) >= 11 is 0. The summed E-state index contributed by atoms with van der Waals surface area (Å²) in [6.07, 6.45) is 2.81. The number of carboxylic acid groups (broad SMARTS) is 1. The zero-order valence-corrected chi connectivity index (χ0v) is 12.6. The van der Waals surface area contributed by atoms with Crippen molar-refractivity contribution in [2.45, 2.75) is 45.6 Å². The number of nitrogens with zero attached hydrogens (tertiary/aromatic N) is 1. The lowest BCUT2D eigenvalue weighted by Crippen LogP contribution is -2.45. The summed E-state index contributed by atoms with van der Waals surface area (Å²) < 4.78 is 5.06. The number of carbonyl (C=O) groups is 2. The molecule has 0 radical (unpaired) electrons. The Morgan fingerprint density at radius 3 is 2.55 bits per heavy atom. The maximum Gasteiger partial charge on any atom is 0.317 e. The van der Waals surface area contributed by atoms with Gasteiger partial charge in [0, 0.05) is 32.8 Å². The predicted octanol–water partition coefficient (Wildman–Crippen LogP) is 1.70. The second-order valence-corrected chi connectivity index (χ2v) is 6.13. The Morgan fingerprint density at radius 1 is 1.40 bits per heavy atom. The van der Waals surface area contributed by atoms with Crippen LogP contribution >= 0.6 is 0 Å². The highest BCUT2D eigenvalue weighted by Crippen LogP contribution is 2.27. The van der Waals surface area contributed by atoms with E-state index in [9.17, 15) is 9.59 Å². The van der Waals surface area contributed by atoms with E-state index in [1.807, 2.05) is 0 Å². The van der Waals surface area contributed by atoms with Gasteiger partial charge in [-0.1, -0.05) is 13.8 Å². The van der Waals surface area contributed by atoms with Gasteiger partial charge in [-0.05, 0) is 24.7 Å². The molecular formula is C14H26N2O4. The molecule has 2 amide bonds. The van der Waals surface area contributed by atoms with Gasteiger partial charge in [0.2, 0.25) is 0 Å². The van der Waals surface area contributed by atoms with Gasteiger partial charge in [0.1, 0.15) is 0 Å². The molecule has 0 heterocycles. The van der Waals surface area contributed by atoms with Crippen LogP contribution in [0.4, 0.5) is 4.79 Å². The molecule has 0 aliphatic heterocycles. The highest BCUT2D eigenvalue weighted by Gasteiger charge is 2.33. The fourth-order valence-electron chi connectivity index (χ4n) is 1.94. The second kappa shape index (κ2) is 7.47. The van der Waals surface area contributed by atoms with E-state index in [0.29, 0.717) is 13.2 Å². The van der Waals surface area contributed by atoms with Gasteiger partial charge in [0.15, 0.2) is 0 Å². The quantitative estimate of drug-likeness (QED) is 0.676. The van der Waals surface area contributed by atoms with Crippen LogP contribution in [0, 0.1) is 5.41 Å². The molecule has 0 unspecified atom stereocenters. The molecule has 0 spiro atoms. The van der Waals surface area contributed by atoms with E-state index < -0.39 is 5.97 Å².